The molecule has 2 aliphatic rings. The first-order valence-corrected chi connectivity index (χ1v) is 20.4. The van der Waals surface area contributed by atoms with E-state index in [1.54, 1.807) is 0 Å². The summed E-state index contributed by atoms with van der Waals surface area (Å²) in [5.74, 6) is 2.34. The van der Waals surface area contributed by atoms with E-state index in [4.69, 9.17) is 19.7 Å². The van der Waals surface area contributed by atoms with Crippen molar-refractivity contribution in [1.82, 2.24) is 15.0 Å². The van der Waals surface area contributed by atoms with Gasteiger partial charge in [0.25, 0.3) is 0 Å². The molecule has 0 saturated carbocycles. The van der Waals surface area contributed by atoms with Crippen LogP contribution < -0.4 is 4.74 Å². The van der Waals surface area contributed by atoms with Crippen LogP contribution in [0.3, 0.4) is 0 Å². The molecule has 3 heterocycles. The highest BCUT2D eigenvalue weighted by molar-refractivity contribution is 6.05. The monoisotopic (exact) mass is 765 g/mol. The summed E-state index contributed by atoms with van der Waals surface area (Å²) in [6.07, 6.45) is 0. The zero-order valence-corrected chi connectivity index (χ0v) is 32.5. The van der Waals surface area contributed by atoms with Gasteiger partial charge in [-0.15, -0.1) is 0 Å². The lowest BCUT2D eigenvalue weighted by Crippen LogP contribution is -2.32. The number of hydrogen-bond acceptors (Lipinski definition) is 4. The van der Waals surface area contributed by atoms with Crippen molar-refractivity contribution >= 4 is 10.9 Å². The number of aromatic nitrogens is 3. The minimum absolute atomic E-state index is 0.663. The molecule has 0 N–H and O–H groups in total. The molecule has 1 spiro atoms. The van der Waals surface area contributed by atoms with Gasteiger partial charge in [-0.1, -0.05) is 188 Å². The van der Waals surface area contributed by atoms with Crippen molar-refractivity contribution in [2.75, 3.05) is 0 Å². The molecule has 8 aromatic carbocycles. The van der Waals surface area contributed by atoms with E-state index in [0.29, 0.717) is 5.82 Å². The largest absolute Gasteiger partial charge is 0.456 e. The summed E-state index contributed by atoms with van der Waals surface area (Å²) in [6, 6.07) is 74.6. The molecule has 1 aliphatic carbocycles. The molecule has 1 atom stereocenters. The second-order valence-electron chi connectivity index (χ2n) is 15.4. The molecule has 4 nitrogen and oxygen atoms in total. The number of rotatable bonds is 5. The summed E-state index contributed by atoms with van der Waals surface area (Å²) in [5, 5.41) is 1.13. The molecule has 0 saturated heterocycles. The molecular weight excluding hydrogens is 731 g/mol. The van der Waals surface area contributed by atoms with Crippen molar-refractivity contribution in [3.63, 3.8) is 0 Å². The molecule has 0 bridgehead atoms. The molecule has 0 amide bonds. The molecule has 0 radical (unpaired) electrons. The minimum atomic E-state index is -0.701. The Hall–Kier alpha value is -7.95. The number of benzene rings is 8. The predicted octanol–water partition coefficient (Wildman–Crippen LogP) is 13.8. The average Bonchev–Trinajstić information content (AvgIpc) is 3.63. The summed E-state index contributed by atoms with van der Waals surface area (Å²) in [6.45, 7) is 0. The standard InChI is InChI=1S/C56H35N3O/c1-4-18-36(19-5-1)48-35-49(37-20-6-2-7-21-37)59-55(58-48)40-25-16-24-39(34-40)41-28-17-31-46-54(41)60-50-33-15-13-30-45(50)56(46)44-29-12-10-26-42(44)51-52(56)43-27-11-14-32-47(43)57-53(51)38-22-8-3-9-23-38/h1-35H. The van der Waals surface area contributed by atoms with Crippen LogP contribution in [-0.4, -0.2) is 15.0 Å². The second-order valence-corrected chi connectivity index (χ2v) is 15.4. The highest BCUT2D eigenvalue weighted by Crippen LogP contribution is 2.65. The summed E-state index contributed by atoms with van der Waals surface area (Å²) in [5.41, 5.74) is 16.1. The zero-order valence-electron chi connectivity index (χ0n) is 32.5. The molecule has 0 fully saturated rings. The lowest BCUT2D eigenvalue weighted by molar-refractivity contribution is 0.438. The van der Waals surface area contributed by atoms with Crippen LogP contribution in [0.25, 0.3) is 78.3 Å². The smallest absolute Gasteiger partial charge is 0.160 e. The van der Waals surface area contributed by atoms with Gasteiger partial charge in [0.15, 0.2) is 5.82 Å². The average molecular weight is 766 g/mol. The first-order chi connectivity index (χ1) is 29.8. The molecule has 2 aromatic heterocycles. The predicted molar refractivity (Wildman–Crippen MR) is 242 cm³/mol. The third-order valence-electron chi connectivity index (χ3n) is 12.1. The van der Waals surface area contributed by atoms with Gasteiger partial charge in [-0.25, -0.2) is 15.0 Å². The van der Waals surface area contributed by atoms with Crippen LogP contribution in [0.4, 0.5) is 0 Å². The molecule has 280 valence electrons. The Bertz CT molecular complexity index is 3230. The third-order valence-corrected chi connectivity index (χ3v) is 12.1. The van der Waals surface area contributed by atoms with Crippen LogP contribution in [0.1, 0.15) is 22.3 Å². The van der Waals surface area contributed by atoms with Gasteiger partial charge in [-0.05, 0) is 46.5 Å². The summed E-state index contributed by atoms with van der Waals surface area (Å²) >= 11 is 0. The van der Waals surface area contributed by atoms with Crippen LogP contribution in [-0.2, 0) is 5.41 Å². The lowest BCUT2D eigenvalue weighted by atomic mass is 9.65. The normalized spacial score (nSPS) is 14.5. The topological polar surface area (TPSA) is 47.9 Å². The highest BCUT2D eigenvalue weighted by atomic mass is 16.5. The summed E-state index contributed by atoms with van der Waals surface area (Å²) in [4.78, 5) is 15.8. The number of nitrogens with zero attached hydrogens (tertiary/aromatic N) is 3. The number of para-hydroxylation sites is 3. The fourth-order valence-electron chi connectivity index (χ4n) is 9.60. The number of fused-ring (bicyclic) bond motifs is 11. The Morgan fingerprint density at radius 2 is 0.933 bits per heavy atom. The van der Waals surface area contributed by atoms with E-state index in [0.717, 1.165) is 89.6 Å². The Labute approximate surface area is 348 Å². The van der Waals surface area contributed by atoms with E-state index in [9.17, 15) is 0 Å². The lowest BCUT2D eigenvalue weighted by Gasteiger charge is -2.40. The Balaban J connectivity index is 1.11. The van der Waals surface area contributed by atoms with Crippen molar-refractivity contribution in [2.24, 2.45) is 0 Å². The quantitative estimate of drug-likeness (QED) is 0.175. The number of pyridine rings is 1. The van der Waals surface area contributed by atoms with Gasteiger partial charge in [0.1, 0.15) is 11.5 Å². The first kappa shape index (κ1) is 34.1. The maximum atomic E-state index is 7.16. The van der Waals surface area contributed by atoms with E-state index in [-0.39, 0.29) is 0 Å². The van der Waals surface area contributed by atoms with Gasteiger partial charge in [0, 0.05) is 49.9 Å². The van der Waals surface area contributed by atoms with Crippen LogP contribution >= 0.6 is 0 Å². The zero-order chi connectivity index (χ0) is 39.6. The van der Waals surface area contributed by atoms with Crippen molar-refractivity contribution < 1.29 is 4.74 Å². The minimum Gasteiger partial charge on any atom is -0.456 e. The Morgan fingerprint density at radius 3 is 1.68 bits per heavy atom. The van der Waals surface area contributed by atoms with Gasteiger partial charge in [0.05, 0.1) is 28.0 Å². The van der Waals surface area contributed by atoms with Crippen molar-refractivity contribution in [1.29, 1.82) is 0 Å². The van der Waals surface area contributed by atoms with Gasteiger partial charge in [-0.2, -0.15) is 0 Å². The summed E-state index contributed by atoms with van der Waals surface area (Å²) < 4.78 is 7.16. The number of ether oxygens (including phenoxy) is 1. The summed E-state index contributed by atoms with van der Waals surface area (Å²) in [7, 11) is 0. The van der Waals surface area contributed by atoms with Crippen molar-refractivity contribution in [2.45, 2.75) is 5.41 Å². The van der Waals surface area contributed by atoms with Gasteiger partial charge in [-0.3, -0.25) is 0 Å². The van der Waals surface area contributed by atoms with E-state index < -0.39 is 5.41 Å². The fourth-order valence-corrected chi connectivity index (χ4v) is 9.60. The van der Waals surface area contributed by atoms with Crippen molar-refractivity contribution in [3.8, 4) is 78.9 Å². The van der Waals surface area contributed by atoms with Crippen LogP contribution in [0.15, 0.2) is 212 Å². The highest BCUT2D eigenvalue weighted by Gasteiger charge is 2.53. The molecule has 4 heteroatoms. The molecule has 1 unspecified atom stereocenters. The Kier molecular flexibility index (Phi) is 7.72. The van der Waals surface area contributed by atoms with Gasteiger partial charge in [0.2, 0.25) is 0 Å². The maximum Gasteiger partial charge on any atom is 0.160 e. The second kappa shape index (κ2) is 13.6. The van der Waals surface area contributed by atoms with Gasteiger partial charge >= 0.3 is 0 Å². The van der Waals surface area contributed by atoms with Crippen LogP contribution in [0.2, 0.25) is 0 Å². The molecular formula is C56H35N3O. The van der Waals surface area contributed by atoms with Gasteiger partial charge < -0.3 is 4.74 Å². The van der Waals surface area contributed by atoms with Crippen molar-refractivity contribution in [3.05, 3.63) is 235 Å². The van der Waals surface area contributed by atoms with E-state index in [1.165, 1.54) is 16.7 Å². The SMILES string of the molecule is c1ccc(-c2cc(-c3ccccc3)nc(-c3cccc(-c4cccc5c4Oc4ccccc4C54c5ccccc5-c5c(-c6ccccc6)nc6ccccc6c54)c3)n2)cc1. The van der Waals surface area contributed by atoms with E-state index >= 15 is 0 Å². The number of hydrogen-bond donors (Lipinski definition) is 0. The molecule has 10 aromatic rings. The third kappa shape index (κ3) is 5.14. The molecule has 12 rings (SSSR count). The van der Waals surface area contributed by atoms with Crippen LogP contribution in [0.5, 0.6) is 11.5 Å². The first-order valence-electron chi connectivity index (χ1n) is 20.4. The maximum absolute atomic E-state index is 7.16. The van der Waals surface area contributed by atoms with Crippen LogP contribution in [0, 0.1) is 0 Å². The van der Waals surface area contributed by atoms with E-state index in [1.807, 2.05) is 36.4 Å². The Morgan fingerprint density at radius 1 is 0.383 bits per heavy atom. The van der Waals surface area contributed by atoms with E-state index in [2.05, 4.69) is 176 Å². The molecule has 60 heavy (non-hydrogen) atoms. The molecule has 1 aliphatic heterocycles. The fraction of sp³-hybridized carbons (Fsp3) is 0.0179.